The first-order chi connectivity index (χ1) is 4.65. The number of alkyl halides is 5. The molecule has 0 radical (unpaired) electrons. The Morgan fingerprint density at radius 2 is 1.73 bits per heavy atom. The monoisotopic (exact) mass is 208 g/mol. The molecule has 0 heterocycles. The van der Waals surface area contributed by atoms with Crippen LogP contribution in [0.3, 0.4) is 0 Å². The van der Waals surface area contributed by atoms with Crippen molar-refractivity contribution in [2.45, 2.75) is 36.7 Å². The van der Waals surface area contributed by atoms with Gasteiger partial charge < -0.3 is 0 Å². The Morgan fingerprint density at radius 3 is 1.82 bits per heavy atom. The van der Waals surface area contributed by atoms with Gasteiger partial charge in [0.15, 0.2) is 0 Å². The molecule has 0 aromatic carbocycles. The van der Waals surface area contributed by atoms with Crippen LogP contribution in [-0.4, -0.2) is 16.4 Å². The fraction of sp³-hybridized carbons (Fsp3) is 1.00. The highest BCUT2D eigenvalue weighted by Crippen LogP contribution is 2.36. The van der Waals surface area contributed by atoms with Gasteiger partial charge in [-0.05, 0) is 13.8 Å². The molecule has 5 heteroatoms. The van der Waals surface area contributed by atoms with E-state index in [1.165, 1.54) is 13.8 Å². The highest BCUT2D eigenvalue weighted by molar-refractivity contribution is 6.32. The zero-order valence-corrected chi connectivity index (χ0v) is 7.69. The fourth-order valence-corrected chi connectivity index (χ4v) is 0.761. The summed E-state index contributed by atoms with van der Waals surface area (Å²) in [6.45, 7) is 2.72. The second-order valence-corrected chi connectivity index (χ2v) is 4.20. The molecule has 0 aliphatic rings. The summed E-state index contributed by atoms with van der Waals surface area (Å²) in [6.07, 6.45) is -5.31. The Hall–Kier alpha value is 0.370. The van der Waals surface area contributed by atoms with Crippen molar-refractivity contribution in [3.8, 4) is 0 Å². The lowest BCUT2D eigenvalue weighted by Crippen LogP contribution is -2.33. The smallest absolute Gasteiger partial charge is 0.171 e. The van der Waals surface area contributed by atoms with Crippen molar-refractivity contribution in [2.24, 2.45) is 0 Å². The highest BCUT2D eigenvalue weighted by atomic mass is 35.5. The lowest BCUT2D eigenvalue weighted by Gasteiger charge is -2.25. The van der Waals surface area contributed by atoms with Crippen LogP contribution in [0.25, 0.3) is 0 Å². The third kappa shape index (κ3) is 4.75. The molecule has 0 spiro atoms. The highest BCUT2D eigenvalue weighted by Gasteiger charge is 2.40. The molecule has 0 nitrogen and oxygen atoms in total. The molecule has 2 atom stereocenters. The van der Waals surface area contributed by atoms with Crippen molar-refractivity contribution in [2.75, 3.05) is 0 Å². The normalized spacial score (nSPS) is 21.0. The first-order valence-corrected chi connectivity index (χ1v) is 3.86. The largest absolute Gasteiger partial charge is 0.390 e. The van der Waals surface area contributed by atoms with E-state index in [0.717, 1.165) is 0 Å². The van der Waals surface area contributed by atoms with Gasteiger partial charge in [-0.2, -0.15) is 13.2 Å². The summed E-state index contributed by atoms with van der Waals surface area (Å²) in [4.78, 5) is -1.40. The maximum Gasteiger partial charge on any atom is 0.390 e. The van der Waals surface area contributed by atoms with Crippen LogP contribution in [0.2, 0.25) is 0 Å². The van der Waals surface area contributed by atoms with Crippen molar-refractivity contribution in [1.82, 2.24) is 0 Å². The molecule has 0 N–H and O–H groups in total. The van der Waals surface area contributed by atoms with Crippen molar-refractivity contribution in [3.63, 3.8) is 0 Å². The van der Waals surface area contributed by atoms with Gasteiger partial charge in [0, 0.05) is 5.38 Å². The van der Waals surface area contributed by atoms with Crippen LogP contribution in [-0.2, 0) is 0 Å². The van der Waals surface area contributed by atoms with Gasteiger partial charge in [0.05, 0.1) is 11.3 Å². The van der Waals surface area contributed by atoms with Crippen LogP contribution in [0, 0.1) is 0 Å². The first kappa shape index (κ1) is 11.4. The minimum atomic E-state index is -4.25. The van der Waals surface area contributed by atoms with Crippen LogP contribution in [0.4, 0.5) is 13.2 Å². The zero-order chi connectivity index (χ0) is 9.28. The number of rotatable bonds is 2. The third-order valence-electron chi connectivity index (χ3n) is 1.38. The van der Waals surface area contributed by atoms with Gasteiger partial charge in [0.2, 0.25) is 0 Å². The number of hydrogen-bond acceptors (Lipinski definition) is 0. The van der Waals surface area contributed by atoms with Gasteiger partial charge in [0.25, 0.3) is 0 Å². The average molecular weight is 209 g/mol. The van der Waals surface area contributed by atoms with Crippen molar-refractivity contribution in [1.29, 1.82) is 0 Å². The topological polar surface area (TPSA) is 0 Å². The quantitative estimate of drug-likeness (QED) is 0.610. The second kappa shape index (κ2) is 3.40. The summed E-state index contributed by atoms with van der Waals surface area (Å²) in [7, 11) is 0. The lowest BCUT2D eigenvalue weighted by atomic mass is 10.0. The van der Waals surface area contributed by atoms with Gasteiger partial charge in [0.1, 0.15) is 0 Å². The van der Waals surface area contributed by atoms with E-state index in [4.69, 9.17) is 23.2 Å². The van der Waals surface area contributed by atoms with E-state index in [1.807, 2.05) is 0 Å². The molecule has 0 amide bonds. The molecule has 0 aliphatic heterocycles. The molecule has 0 bridgehead atoms. The predicted molar refractivity (Wildman–Crippen MR) is 40.2 cm³/mol. The molecule has 0 aromatic heterocycles. The molecule has 0 saturated heterocycles. The van der Waals surface area contributed by atoms with E-state index < -0.39 is 22.8 Å². The standard InChI is InChI=1S/C6H9Cl2F3/c1-4(7)5(2,8)3-6(9,10)11/h4H,3H2,1-2H3. The average Bonchev–Trinajstić information content (AvgIpc) is 1.56. The van der Waals surface area contributed by atoms with Crippen LogP contribution >= 0.6 is 23.2 Å². The van der Waals surface area contributed by atoms with Gasteiger partial charge >= 0.3 is 6.18 Å². The van der Waals surface area contributed by atoms with Crippen molar-refractivity contribution in [3.05, 3.63) is 0 Å². The summed E-state index contributed by atoms with van der Waals surface area (Å²) >= 11 is 10.9. The van der Waals surface area contributed by atoms with Gasteiger partial charge in [-0.1, -0.05) is 0 Å². The second-order valence-electron chi connectivity index (χ2n) is 2.69. The number of halogens is 5. The maximum atomic E-state index is 11.8. The van der Waals surface area contributed by atoms with Crippen LogP contribution in [0.1, 0.15) is 20.3 Å². The molecule has 0 saturated carbocycles. The predicted octanol–water partition coefficient (Wildman–Crippen LogP) is 3.56. The summed E-state index contributed by atoms with van der Waals surface area (Å²) < 4.78 is 35.3. The Bertz CT molecular complexity index is 128. The molecule has 68 valence electrons. The SMILES string of the molecule is CC(Cl)C(C)(Cl)CC(F)(F)F. The summed E-state index contributed by atoms with van der Waals surface area (Å²) in [5, 5.41) is -0.703. The Labute approximate surface area is 73.7 Å². The minimum absolute atomic E-state index is 0.703. The summed E-state index contributed by atoms with van der Waals surface area (Å²) in [6, 6.07) is 0. The molecule has 0 aliphatic carbocycles. The summed E-state index contributed by atoms with van der Waals surface area (Å²) in [5.74, 6) is 0. The van der Waals surface area contributed by atoms with E-state index >= 15 is 0 Å². The van der Waals surface area contributed by atoms with E-state index in [0.29, 0.717) is 0 Å². The van der Waals surface area contributed by atoms with Gasteiger partial charge in [-0.25, -0.2) is 0 Å². The molecular weight excluding hydrogens is 200 g/mol. The molecule has 0 fully saturated rings. The van der Waals surface area contributed by atoms with Crippen LogP contribution in [0.15, 0.2) is 0 Å². The van der Waals surface area contributed by atoms with Crippen LogP contribution in [0.5, 0.6) is 0 Å². The molecular formula is C6H9Cl2F3. The van der Waals surface area contributed by atoms with Crippen molar-refractivity contribution >= 4 is 23.2 Å². The summed E-state index contributed by atoms with van der Waals surface area (Å²) in [5.41, 5.74) is 0. The Morgan fingerprint density at radius 1 is 1.36 bits per heavy atom. The molecule has 2 unspecified atom stereocenters. The molecule has 0 aromatic rings. The van der Waals surface area contributed by atoms with Crippen molar-refractivity contribution < 1.29 is 13.2 Å². The number of hydrogen-bond donors (Lipinski definition) is 0. The lowest BCUT2D eigenvalue weighted by molar-refractivity contribution is -0.140. The van der Waals surface area contributed by atoms with E-state index in [9.17, 15) is 13.2 Å². The fourth-order valence-electron chi connectivity index (χ4n) is 0.533. The third-order valence-corrected chi connectivity index (χ3v) is 2.43. The first-order valence-electron chi connectivity index (χ1n) is 3.05. The van der Waals surface area contributed by atoms with Gasteiger partial charge in [-0.15, -0.1) is 23.2 Å². The van der Waals surface area contributed by atoms with Gasteiger partial charge in [-0.3, -0.25) is 0 Å². The van der Waals surface area contributed by atoms with E-state index in [1.54, 1.807) is 0 Å². The maximum absolute atomic E-state index is 11.8. The zero-order valence-electron chi connectivity index (χ0n) is 6.17. The Kier molecular flexibility index (Phi) is 3.51. The van der Waals surface area contributed by atoms with E-state index in [2.05, 4.69) is 0 Å². The Balaban J connectivity index is 4.13. The molecule has 0 rings (SSSR count). The molecule has 11 heavy (non-hydrogen) atoms. The van der Waals surface area contributed by atoms with E-state index in [-0.39, 0.29) is 0 Å². The van der Waals surface area contributed by atoms with Crippen LogP contribution < -0.4 is 0 Å². The minimum Gasteiger partial charge on any atom is -0.171 e.